The maximum atomic E-state index is 13.0. The number of fused-ring (bicyclic) bond motifs is 5. The number of hydrogen-bond donors (Lipinski definition) is 1. The van der Waals surface area contributed by atoms with E-state index in [1.165, 1.54) is 17.0 Å². The Morgan fingerprint density at radius 1 is 1.06 bits per heavy atom. The van der Waals surface area contributed by atoms with Crippen molar-refractivity contribution in [2.45, 2.75) is 13.3 Å². The molecular weight excluding hydrogens is 488 g/mol. The molecule has 2 aromatic rings. The number of anilines is 2. The number of nitrogens with one attached hydrogen (secondary N) is 1. The Morgan fingerprint density at radius 2 is 1.76 bits per heavy atom. The molecule has 1 saturated heterocycles. The summed E-state index contributed by atoms with van der Waals surface area (Å²) in [6.45, 7) is 1.40. The number of benzene rings is 2. The maximum Gasteiger partial charge on any atom is 0.338 e. The molecular formula is C25H21BrN2O5. The van der Waals surface area contributed by atoms with Crippen molar-refractivity contribution in [3.05, 3.63) is 70.2 Å². The van der Waals surface area contributed by atoms with Gasteiger partial charge < -0.3 is 10.1 Å². The number of aryl methyl sites for hydroxylation is 1. The molecule has 0 spiro atoms. The van der Waals surface area contributed by atoms with Gasteiger partial charge in [0.2, 0.25) is 11.8 Å². The van der Waals surface area contributed by atoms with Crippen molar-refractivity contribution in [3.8, 4) is 0 Å². The van der Waals surface area contributed by atoms with E-state index >= 15 is 0 Å². The quantitative estimate of drug-likeness (QED) is 0.376. The highest BCUT2D eigenvalue weighted by molar-refractivity contribution is 9.10. The fraction of sp³-hybridized carbons (Fsp3) is 0.280. The van der Waals surface area contributed by atoms with Crippen molar-refractivity contribution in [1.82, 2.24) is 0 Å². The van der Waals surface area contributed by atoms with Gasteiger partial charge in [0.25, 0.3) is 5.91 Å². The zero-order chi connectivity index (χ0) is 23.3. The predicted molar refractivity (Wildman–Crippen MR) is 124 cm³/mol. The topological polar surface area (TPSA) is 92.8 Å². The summed E-state index contributed by atoms with van der Waals surface area (Å²) < 4.78 is 6.05. The van der Waals surface area contributed by atoms with Crippen molar-refractivity contribution in [3.63, 3.8) is 0 Å². The Bertz CT molecular complexity index is 1190. The summed E-state index contributed by atoms with van der Waals surface area (Å²) in [5.74, 6) is -1.99. The van der Waals surface area contributed by atoms with Crippen LogP contribution in [-0.4, -0.2) is 30.3 Å². The number of esters is 1. The van der Waals surface area contributed by atoms with Gasteiger partial charge in [0.05, 0.1) is 23.1 Å². The number of ether oxygens (including phenoxy) is 1. The molecule has 1 aliphatic heterocycles. The molecule has 2 aliphatic carbocycles. The third-order valence-electron chi connectivity index (χ3n) is 6.61. The van der Waals surface area contributed by atoms with Gasteiger partial charge in [-0.05, 0) is 67.1 Å². The number of halogens is 1. The molecule has 33 heavy (non-hydrogen) atoms. The summed E-state index contributed by atoms with van der Waals surface area (Å²) in [5, 5.41) is 2.71. The first-order valence-electron chi connectivity index (χ1n) is 10.7. The van der Waals surface area contributed by atoms with Gasteiger partial charge in [-0.2, -0.15) is 0 Å². The van der Waals surface area contributed by atoms with E-state index < -0.39 is 18.5 Å². The van der Waals surface area contributed by atoms with Crippen LogP contribution >= 0.6 is 15.9 Å². The van der Waals surface area contributed by atoms with E-state index in [0.29, 0.717) is 11.4 Å². The lowest BCUT2D eigenvalue weighted by Crippen LogP contribution is -2.33. The Hall–Kier alpha value is -3.26. The molecule has 4 atom stereocenters. The van der Waals surface area contributed by atoms with Crippen LogP contribution in [0.15, 0.2) is 59.1 Å². The van der Waals surface area contributed by atoms with Gasteiger partial charge in [0.1, 0.15) is 0 Å². The highest BCUT2D eigenvalue weighted by atomic mass is 79.9. The summed E-state index contributed by atoms with van der Waals surface area (Å²) in [6, 6.07) is 11.6. The van der Waals surface area contributed by atoms with E-state index in [0.717, 1.165) is 16.5 Å². The molecule has 2 fully saturated rings. The van der Waals surface area contributed by atoms with Crippen molar-refractivity contribution < 1.29 is 23.9 Å². The van der Waals surface area contributed by atoms with Crippen molar-refractivity contribution >= 4 is 51.0 Å². The summed E-state index contributed by atoms with van der Waals surface area (Å²) in [6.07, 6.45) is 4.93. The molecule has 5 rings (SSSR count). The van der Waals surface area contributed by atoms with Crippen LogP contribution in [0.1, 0.15) is 22.3 Å². The first-order chi connectivity index (χ1) is 15.8. The predicted octanol–water partition coefficient (Wildman–Crippen LogP) is 3.86. The van der Waals surface area contributed by atoms with Crippen LogP contribution in [0.5, 0.6) is 0 Å². The van der Waals surface area contributed by atoms with Crippen LogP contribution in [-0.2, 0) is 19.1 Å². The van der Waals surface area contributed by atoms with Crippen LogP contribution in [0.2, 0.25) is 0 Å². The van der Waals surface area contributed by atoms with E-state index in [1.807, 2.05) is 25.1 Å². The molecule has 0 radical (unpaired) electrons. The third-order valence-corrected chi connectivity index (χ3v) is 7.10. The molecule has 0 aromatic heterocycles. The van der Waals surface area contributed by atoms with Gasteiger partial charge in [-0.25, -0.2) is 9.69 Å². The minimum Gasteiger partial charge on any atom is -0.452 e. The van der Waals surface area contributed by atoms with Crippen LogP contribution in [0.4, 0.5) is 11.4 Å². The van der Waals surface area contributed by atoms with Gasteiger partial charge in [-0.1, -0.05) is 34.1 Å². The average molecular weight is 509 g/mol. The zero-order valence-electron chi connectivity index (χ0n) is 17.8. The molecule has 2 aromatic carbocycles. The van der Waals surface area contributed by atoms with Crippen molar-refractivity contribution in [2.24, 2.45) is 23.7 Å². The monoisotopic (exact) mass is 508 g/mol. The number of carbonyl (C=O) groups is 4. The largest absolute Gasteiger partial charge is 0.452 e. The number of nitrogens with zero attached hydrogens (tertiary/aromatic N) is 1. The minimum absolute atomic E-state index is 0.113. The highest BCUT2D eigenvalue weighted by Gasteiger charge is 2.59. The van der Waals surface area contributed by atoms with Crippen molar-refractivity contribution in [2.75, 3.05) is 16.8 Å². The number of hydrogen-bond acceptors (Lipinski definition) is 5. The number of carbonyl (C=O) groups excluding carboxylic acids is 4. The zero-order valence-corrected chi connectivity index (χ0v) is 19.4. The third kappa shape index (κ3) is 3.78. The number of imide groups is 1. The molecule has 2 bridgehead atoms. The summed E-state index contributed by atoms with van der Waals surface area (Å²) in [5.41, 5.74) is 2.01. The van der Waals surface area contributed by atoms with Crippen LogP contribution in [0, 0.1) is 30.6 Å². The smallest absolute Gasteiger partial charge is 0.338 e. The molecule has 7 nitrogen and oxygen atoms in total. The maximum absolute atomic E-state index is 13.0. The molecule has 1 N–H and O–H groups in total. The molecule has 3 aliphatic rings. The fourth-order valence-electron chi connectivity index (χ4n) is 5.10. The number of amides is 3. The molecule has 0 unspecified atom stereocenters. The molecule has 1 saturated carbocycles. The second-order valence-electron chi connectivity index (χ2n) is 8.65. The van der Waals surface area contributed by atoms with E-state index in [2.05, 4.69) is 21.2 Å². The standard InChI is InChI=1S/C25H21BrN2O5/c1-13-9-17(26)7-8-19(13)27-20(29)12-33-25(32)16-3-2-4-18(11-16)28-23(30)21-14-5-6-15(10-14)22(21)24(28)31/h2-9,11,14-15,21-22H,10,12H2,1H3,(H,27,29)/t14-,15-,21+,22+/m0/s1. The second kappa shape index (κ2) is 8.26. The van der Waals surface area contributed by atoms with E-state index in [-0.39, 0.29) is 41.0 Å². The van der Waals surface area contributed by atoms with Crippen LogP contribution < -0.4 is 10.2 Å². The molecule has 3 amide bonds. The average Bonchev–Trinajstić information content (AvgIpc) is 3.48. The first kappa shape index (κ1) is 21.6. The minimum atomic E-state index is -0.708. The van der Waals surface area contributed by atoms with Gasteiger partial charge in [0, 0.05) is 10.2 Å². The van der Waals surface area contributed by atoms with Crippen LogP contribution in [0.25, 0.3) is 0 Å². The number of allylic oxidation sites excluding steroid dienone is 2. The first-order valence-corrected chi connectivity index (χ1v) is 11.5. The van der Waals surface area contributed by atoms with Crippen molar-refractivity contribution in [1.29, 1.82) is 0 Å². The molecule has 1 heterocycles. The lowest BCUT2D eigenvalue weighted by Gasteiger charge is -2.18. The lowest BCUT2D eigenvalue weighted by atomic mass is 9.85. The molecule has 168 valence electrons. The summed E-state index contributed by atoms with van der Waals surface area (Å²) >= 11 is 3.37. The normalized spacial score (nSPS) is 24.8. The Kier molecular flexibility index (Phi) is 5.40. The Balaban J connectivity index is 1.25. The van der Waals surface area contributed by atoms with E-state index in [1.54, 1.807) is 24.3 Å². The van der Waals surface area contributed by atoms with Gasteiger partial charge in [-0.3, -0.25) is 14.4 Å². The molecule has 8 heteroatoms. The fourth-order valence-corrected chi connectivity index (χ4v) is 5.57. The lowest BCUT2D eigenvalue weighted by molar-refractivity contribution is -0.123. The second-order valence-corrected chi connectivity index (χ2v) is 9.56. The summed E-state index contributed by atoms with van der Waals surface area (Å²) in [7, 11) is 0. The van der Waals surface area contributed by atoms with E-state index in [4.69, 9.17) is 4.74 Å². The Morgan fingerprint density at radius 3 is 2.42 bits per heavy atom. The number of rotatable bonds is 5. The highest BCUT2D eigenvalue weighted by Crippen LogP contribution is 2.53. The van der Waals surface area contributed by atoms with E-state index in [9.17, 15) is 19.2 Å². The SMILES string of the molecule is Cc1cc(Br)ccc1NC(=O)COC(=O)c1cccc(N2C(=O)[C@H]3[C@H](C2=O)[C@H]2C=C[C@H]3C2)c1. The van der Waals surface area contributed by atoms with Gasteiger partial charge >= 0.3 is 5.97 Å². The van der Waals surface area contributed by atoms with Crippen LogP contribution in [0.3, 0.4) is 0 Å². The summed E-state index contributed by atoms with van der Waals surface area (Å²) in [4.78, 5) is 52.0. The van der Waals surface area contributed by atoms with Gasteiger partial charge in [-0.15, -0.1) is 0 Å². The Labute approximate surface area is 198 Å². The van der Waals surface area contributed by atoms with Gasteiger partial charge in [0.15, 0.2) is 6.61 Å².